The number of quaternary nitrogens is 1. The summed E-state index contributed by atoms with van der Waals surface area (Å²) in [5, 5.41) is 13.8. The van der Waals surface area contributed by atoms with Gasteiger partial charge in [0.15, 0.2) is 0 Å². The molecule has 0 heterocycles. The van der Waals surface area contributed by atoms with Crippen LogP contribution >= 0.6 is 7.82 Å². The molecule has 0 fully saturated rings. The Kier molecular flexibility index (Phi) is 39.4. The molecule has 0 spiro atoms. The van der Waals surface area contributed by atoms with Crippen LogP contribution in [0.1, 0.15) is 174 Å². The molecule has 0 aromatic carbocycles. The molecule has 0 aliphatic carbocycles. The van der Waals surface area contributed by atoms with Gasteiger partial charge in [-0.05, 0) is 70.6 Å². The van der Waals surface area contributed by atoms with E-state index in [1.807, 2.05) is 27.2 Å². The van der Waals surface area contributed by atoms with E-state index >= 15 is 0 Å². The molecule has 3 atom stereocenters. The molecule has 3 N–H and O–H groups in total. The average molecular weight is 846 g/mol. The second kappa shape index (κ2) is 41.1. The minimum atomic E-state index is -4.35. The van der Waals surface area contributed by atoms with Crippen LogP contribution in [-0.2, 0) is 18.4 Å². The van der Waals surface area contributed by atoms with Crippen molar-refractivity contribution in [3.63, 3.8) is 0 Å². The fourth-order valence-corrected chi connectivity index (χ4v) is 6.90. The van der Waals surface area contributed by atoms with Crippen molar-refractivity contribution in [2.45, 2.75) is 187 Å². The Morgan fingerprint density at radius 3 is 1.49 bits per heavy atom. The lowest BCUT2D eigenvalue weighted by molar-refractivity contribution is -0.870. The van der Waals surface area contributed by atoms with Crippen LogP contribution < -0.4 is 5.32 Å². The van der Waals surface area contributed by atoms with Crippen LogP contribution in [0, 0.1) is 0 Å². The lowest BCUT2D eigenvalue weighted by Crippen LogP contribution is -2.45. The average Bonchev–Trinajstić information content (AvgIpc) is 3.19. The van der Waals surface area contributed by atoms with Crippen LogP contribution in [0.3, 0.4) is 0 Å². The number of likely N-dealkylation sites (N-methyl/N-ethyl adjacent to an activating group) is 1. The highest BCUT2D eigenvalue weighted by molar-refractivity contribution is 7.47. The van der Waals surface area contributed by atoms with Crippen LogP contribution in [-0.4, -0.2) is 73.4 Å². The Bertz CT molecular complexity index is 1230. The molecule has 8 nitrogen and oxygen atoms in total. The normalized spacial score (nSPS) is 15.0. The highest BCUT2D eigenvalue weighted by atomic mass is 31.2. The number of hydrogen-bond acceptors (Lipinski definition) is 5. The third kappa shape index (κ3) is 43.6. The van der Waals surface area contributed by atoms with E-state index < -0.39 is 20.0 Å². The summed E-state index contributed by atoms with van der Waals surface area (Å²) in [6.45, 7) is 4.66. The quantitative estimate of drug-likeness (QED) is 0.0245. The minimum absolute atomic E-state index is 0.0537. The van der Waals surface area contributed by atoms with Crippen LogP contribution in [0.2, 0.25) is 0 Å². The van der Waals surface area contributed by atoms with Crippen molar-refractivity contribution < 1.29 is 32.9 Å². The van der Waals surface area contributed by atoms with Gasteiger partial charge in [0.2, 0.25) is 5.91 Å². The number of rotatable bonds is 41. The number of unbranched alkanes of at least 4 members (excludes halogenated alkanes) is 16. The molecule has 0 aromatic rings. The molecule has 0 saturated heterocycles. The van der Waals surface area contributed by atoms with E-state index in [0.717, 1.165) is 89.9 Å². The summed E-state index contributed by atoms with van der Waals surface area (Å²) in [4.78, 5) is 23.1. The summed E-state index contributed by atoms with van der Waals surface area (Å²) in [7, 11) is 1.55. The van der Waals surface area contributed by atoms with Gasteiger partial charge in [-0.25, -0.2) is 4.57 Å². The molecule has 340 valence electrons. The molecule has 0 bridgehead atoms. The van der Waals surface area contributed by atoms with Gasteiger partial charge in [-0.1, -0.05) is 182 Å². The van der Waals surface area contributed by atoms with Crippen molar-refractivity contribution in [1.82, 2.24) is 5.32 Å². The molecule has 0 radical (unpaired) electrons. The highest BCUT2D eigenvalue weighted by Gasteiger charge is 2.27. The Balaban J connectivity index is 4.36. The SMILES string of the molecule is CC/C=C\C/C=C\C/C=C\C/C=C\C/C=C\C/C=C\CCCCCCCCC(=O)NC(COP(=O)(O)OCC[N+](C)(C)C)C(O)/C=C/CCCCCCCCCCCC. The molecule has 0 aromatic heterocycles. The molecule has 0 aliphatic rings. The first-order chi connectivity index (χ1) is 28.5. The topological polar surface area (TPSA) is 105 Å². The number of carbonyl (C=O) groups is 1. The van der Waals surface area contributed by atoms with Crippen molar-refractivity contribution in [2.24, 2.45) is 0 Å². The molecule has 9 heteroatoms. The summed E-state index contributed by atoms with van der Waals surface area (Å²) in [5.41, 5.74) is 0. The fourth-order valence-electron chi connectivity index (χ4n) is 6.16. The van der Waals surface area contributed by atoms with Crippen LogP contribution in [0.4, 0.5) is 0 Å². The third-order valence-corrected chi connectivity index (χ3v) is 10.9. The number of carbonyl (C=O) groups excluding carboxylic acids is 1. The third-order valence-electron chi connectivity index (χ3n) is 9.87. The van der Waals surface area contributed by atoms with Crippen molar-refractivity contribution in [2.75, 3.05) is 40.9 Å². The molecular weight excluding hydrogens is 756 g/mol. The van der Waals surface area contributed by atoms with Crippen LogP contribution in [0.25, 0.3) is 0 Å². The number of nitrogens with zero attached hydrogens (tertiary/aromatic N) is 1. The van der Waals surface area contributed by atoms with E-state index in [9.17, 15) is 19.4 Å². The van der Waals surface area contributed by atoms with Crippen LogP contribution in [0.5, 0.6) is 0 Å². The number of phosphoric acid groups is 1. The van der Waals surface area contributed by atoms with Crippen LogP contribution in [0.15, 0.2) is 85.1 Å². The van der Waals surface area contributed by atoms with Gasteiger partial charge in [0.05, 0.1) is 39.9 Å². The Hall–Kier alpha value is -2.32. The first-order valence-electron chi connectivity index (χ1n) is 23.5. The molecule has 0 rings (SSSR count). The smallest absolute Gasteiger partial charge is 0.387 e. The second-order valence-corrected chi connectivity index (χ2v) is 18.2. The largest absolute Gasteiger partial charge is 0.472 e. The zero-order chi connectivity index (χ0) is 43.6. The van der Waals surface area contributed by atoms with E-state index in [1.165, 1.54) is 64.2 Å². The van der Waals surface area contributed by atoms with E-state index in [2.05, 4.69) is 92.1 Å². The maximum absolute atomic E-state index is 12.9. The number of phosphoric ester groups is 1. The van der Waals surface area contributed by atoms with Crippen molar-refractivity contribution in [1.29, 1.82) is 0 Å². The summed E-state index contributed by atoms with van der Waals surface area (Å²) in [6.07, 6.45) is 56.5. The minimum Gasteiger partial charge on any atom is -0.387 e. The number of hydrogen-bond donors (Lipinski definition) is 3. The monoisotopic (exact) mass is 846 g/mol. The molecule has 3 unspecified atom stereocenters. The number of nitrogens with one attached hydrogen (secondary N) is 1. The van der Waals surface area contributed by atoms with Gasteiger partial charge in [-0.2, -0.15) is 0 Å². The highest BCUT2D eigenvalue weighted by Crippen LogP contribution is 2.43. The van der Waals surface area contributed by atoms with E-state index in [4.69, 9.17) is 9.05 Å². The molecule has 1 amide bonds. The molecule has 0 saturated carbocycles. The van der Waals surface area contributed by atoms with Gasteiger partial charge in [0.25, 0.3) is 0 Å². The summed E-state index contributed by atoms with van der Waals surface area (Å²) in [5.74, 6) is -0.197. The summed E-state index contributed by atoms with van der Waals surface area (Å²) >= 11 is 0. The van der Waals surface area contributed by atoms with Crippen molar-refractivity contribution in [3.8, 4) is 0 Å². The second-order valence-electron chi connectivity index (χ2n) is 16.8. The Labute approximate surface area is 363 Å². The Morgan fingerprint density at radius 2 is 1.02 bits per heavy atom. The number of allylic oxidation sites excluding steroid dienone is 13. The Morgan fingerprint density at radius 1 is 0.593 bits per heavy atom. The van der Waals surface area contributed by atoms with Gasteiger partial charge < -0.3 is 19.8 Å². The van der Waals surface area contributed by atoms with Gasteiger partial charge in [0.1, 0.15) is 13.2 Å². The van der Waals surface area contributed by atoms with E-state index in [0.29, 0.717) is 17.4 Å². The van der Waals surface area contributed by atoms with Gasteiger partial charge in [0, 0.05) is 6.42 Å². The fraction of sp³-hybridized carbons (Fsp3) is 0.700. The lowest BCUT2D eigenvalue weighted by atomic mass is 10.1. The zero-order valence-electron chi connectivity index (χ0n) is 38.5. The predicted octanol–water partition coefficient (Wildman–Crippen LogP) is 13.4. The predicted molar refractivity (Wildman–Crippen MR) is 253 cm³/mol. The van der Waals surface area contributed by atoms with Gasteiger partial charge in [-0.3, -0.25) is 13.8 Å². The zero-order valence-corrected chi connectivity index (χ0v) is 39.4. The molecular formula is C50H90N2O6P+. The van der Waals surface area contributed by atoms with Crippen molar-refractivity contribution >= 4 is 13.7 Å². The maximum Gasteiger partial charge on any atom is 0.472 e. The molecule has 0 aliphatic heterocycles. The summed E-state index contributed by atoms with van der Waals surface area (Å²) < 4.78 is 23.5. The number of aliphatic hydroxyl groups excluding tert-OH is 1. The van der Waals surface area contributed by atoms with E-state index in [-0.39, 0.29) is 19.1 Å². The van der Waals surface area contributed by atoms with E-state index in [1.54, 1.807) is 6.08 Å². The summed E-state index contributed by atoms with van der Waals surface area (Å²) in [6, 6.07) is -0.858. The first kappa shape index (κ1) is 56.7. The maximum atomic E-state index is 12.9. The van der Waals surface area contributed by atoms with Gasteiger partial charge >= 0.3 is 7.82 Å². The van der Waals surface area contributed by atoms with Gasteiger partial charge in [-0.15, -0.1) is 0 Å². The van der Waals surface area contributed by atoms with Crippen molar-refractivity contribution in [3.05, 3.63) is 85.1 Å². The molecule has 59 heavy (non-hydrogen) atoms. The first-order valence-corrected chi connectivity index (χ1v) is 25.0. The standard InChI is InChI=1S/C50H89N2O6P/c1-6-8-10-12-14-16-18-20-21-22-23-24-25-26-27-28-29-30-31-32-34-36-38-40-42-44-50(54)51-48(47-58-59(55,56)57-46-45-52(3,4)5)49(53)43-41-39-37-35-33-19-17-15-13-11-9-7-2/h8,10,14,16,20-21,23-24,26-27,29-30,41,43,48-49,53H,6-7,9,11-13,15,17-19,22,25,28,31-40,42,44-47H2,1-5H3,(H-,51,54,55,56)/p+1/b10-8-,16-14-,21-20-,24-23-,27-26-,30-29-,43-41+. The number of aliphatic hydroxyl groups is 1. The lowest BCUT2D eigenvalue weighted by Gasteiger charge is -2.25. The number of amides is 1.